The first-order chi connectivity index (χ1) is 9.26. The number of anilines is 1. The molecule has 0 aromatic heterocycles. The minimum absolute atomic E-state index is 0.140. The summed E-state index contributed by atoms with van der Waals surface area (Å²) in [7, 11) is 0. The monoisotopic (exact) mass is 262 g/mol. The molecule has 1 saturated heterocycles. The van der Waals surface area contributed by atoms with Crippen molar-refractivity contribution in [2.45, 2.75) is 45.3 Å². The maximum atomic E-state index is 6.23. The van der Waals surface area contributed by atoms with Crippen molar-refractivity contribution in [3.8, 4) is 0 Å². The fraction of sp³-hybridized carbons (Fsp3) is 0.625. The SMILES string of the molecule is CCOC1CCN(c2ccccc2[C@@H](N)CC)CC1. The van der Waals surface area contributed by atoms with Gasteiger partial charge in [-0.2, -0.15) is 0 Å². The Morgan fingerprint density at radius 2 is 1.95 bits per heavy atom. The van der Waals surface area contributed by atoms with Crippen LogP contribution in [-0.4, -0.2) is 25.8 Å². The van der Waals surface area contributed by atoms with Crippen LogP contribution < -0.4 is 10.6 Å². The van der Waals surface area contributed by atoms with Crippen molar-refractivity contribution in [3.63, 3.8) is 0 Å². The van der Waals surface area contributed by atoms with Gasteiger partial charge >= 0.3 is 0 Å². The van der Waals surface area contributed by atoms with Gasteiger partial charge in [0.15, 0.2) is 0 Å². The topological polar surface area (TPSA) is 38.5 Å². The summed E-state index contributed by atoms with van der Waals surface area (Å²) in [6, 6.07) is 8.70. The van der Waals surface area contributed by atoms with Crippen LogP contribution in [0.5, 0.6) is 0 Å². The molecular weight excluding hydrogens is 236 g/mol. The van der Waals surface area contributed by atoms with E-state index in [4.69, 9.17) is 10.5 Å². The van der Waals surface area contributed by atoms with E-state index >= 15 is 0 Å². The predicted molar refractivity (Wildman–Crippen MR) is 80.5 cm³/mol. The molecule has 0 radical (unpaired) electrons. The molecule has 0 aliphatic carbocycles. The largest absolute Gasteiger partial charge is 0.378 e. The van der Waals surface area contributed by atoms with E-state index in [0.29, 0.717) is 6.10 Å². The number of hydrogen-bond acceptors (Lipinski definition) is 3. The van der Waals surface area contributed by atoms with Gasteiger partial charge in [0.1, 0.15) is 0 Å². The van der Waals surface area contributed by atoms with E-state index in [1.807, 2.05) is 0 Å². The third-order valence-corrected chi connectivity index (χ3v) is 3.96. The van der Waals surface area contributed by atoms with E-state index in [2.05, 4.69) is 43.0 Å². The summed E-state index contributed by atoms with van der Waals surface area (Å²) in [4.78, 5) is 2.46. The van der Waals surface area contributed by atoms with Crippen molar-refractivity contribution in [2.24, 2.45) is 5.73 Å². The number of rotatable bonds is 5. The van der Waals surface area contributed by atoms with Gasteiger partial charge in [-0.15, -0.1) is 0 Å². The lowest BCUT2D eigenvalue weighted by Gasteiger charge is -2.35. The molecule has 1 aromatic rings. The van der Waals surface area contributed by atoms with Crippen molar-refractivity contribution in [1.29, 1.82) is 0 Å². The van der Waals surface area contributed by atoms with Crippen molar-refractivity contribution < 1.29 is 4.74 Å². The minimum atomic E-state index is 0.140. The number of para-hydroxylation sites is 1. The molecule has 1 atom stereocenters. The highest BCUT2D eigenvalue weighted by Gasteiger charge is 2.22. The first-order valence-electron chi connectivity index (χ1n) is 7.47. The zero-order chi connectivity index (χ0) is 13.7. The highest BCUT2D eigenvalue weighted by Crippen LogP contribution is 2.29. The van der Waals surface area contributed by atoms with Crippen molar-refractivity contribution in [2.75, 3.05) is 24.6 Å². The molecule has 1 aromatic carbocycles. The third-order valence-electron chi connectivity index (χ3n) is 3.96. The Morgan fingerprint density at radius 3 is 2.58 bits per heavy atom. The Hall–Kier alpha value is -1.06. The molecule has 1 aliphatic rings. The van der Waals surface area contributed by atoms with E-state index < -0.39 is 0 Å². The lowest BCUT2D eigenvalue weighted by molar-refractivity contribution is 0.0459. The normalized spacial score (nSPS) is 18.6. The molecule has 1 fully saturated rings. The summed E-state index contributed by atoms with van der Waals surface area (Å²) < 4.78 is 5.71. The Balaban J connectivity index is 2.07. The molecule has 1 heterocycles. The molecule has 0 spiro atoms. The van der Waals surface area contributed by atoms with Gasteiger partial charge < -0.3 is 15.4 Å². The maximum Gasteiger partial charge on any atom is 0.0608 e. The number of ether oxygens (including phenoxy) is 1. The van der Waals surface area contributed by atoms with E-state index in [1.54, 1.807) is 0 Å². The highest BCUT2D eigenvalue weighted by molar-refractivity contribution is 5.55. The average Bonchev–Trinajstić information content (AvgIpc) is 2.47. The third kappa shape index (κ3) is 3.48. The quantitative estimate of drug-likeness (QED) is 0.886. The summed E-state index contributed by atoms with van der Waals surface area (Å²) in [6.07, 6.45) is 3.65. The molecular formula is C16H26N2O. The van der Waals surface area contributed by atoms with Crippen LogP contribution >= 0.6 is 0 Å². The highest BCUT2D eigenvalue weighted by atomic mass is 16.5. The Morgan fingerprint density at radius 1 is 1.26 bits per heavy atom. The predicted octanol–water partition coefficient (Wildman–Crippen LogP) is 3.10. The fourth-order valence-electron chi connectivity index (χ4n) is 2.81. The maximum absolute atomic E-state index is 6.23. The van der Waals surface area contributed by atoms with Gasteiger partial charge in [0.2, 0.25) is 0 Å². The lowest BCUT2D eigenvalue weighted by atomic mass is 10.00. The second kappa shape index (κ2) is 6.92. The molecule has 3 heteroatoms. The van der Waals surface area contributed by atoms with E-state index in [0.717, 1.165) is 39.0 Å². The van der Waals surface area contributed by atoms with Crippen LogP contribution in [0.4, 0.5) is 5.69 Å². The molecule has 0 unspecified atom stereocenters. The number of piperidine rings is 1. The van der Waals surface area contributed by atoms with Crippen LogP contribution in [0.3, 0.4) is 0 Å². The molecule has 0 bridgehead atoms. The first kappa shape index (κ1) is 14.4. The molecule has 2 N–H and O–H groups in total. The van der Waals surface area contributed by atoms with Crippen molar-refractivity contribution in [3.05, 3.63) is 29.8 Å². The summed E-state index contributed by atoms with van der Waals surface area (Å²) in [5.74, 6) is 0. The van der Waals surface area contributed by atoms with Gasteiger partial charge in [-0.1, -0.05) is 25.1 Å². The second-order valence-electron chi connectivity index (χ2n) is 5.22. The van der Waals surface area contributed by atoms with Crippen LogP contribution in [0, 0.1) is 0 Å². The summed E-state index contributed by atoms with van der Waals surface area (Å²) in [5.41, 5.74) is 8.81. The Bertz CT molecular complexity index is 386. The standard InChI is InChI=1S/C16H26N2O/c1-3-15(17)14-7-5-6-8-16(14)18-11-9-13(10-12-18)19-4-2/h5-8,13,15H,3-4,9-12,17H2,1-2H3/t15-/m0/s1. The molecule has 1 aliphatic heterocycles. The summed E-state index contributed by atoms with van der Waals surface area (Å²) in [5, 5.41) is 0. The molecule has 0 saturated carbocycles. The minimum Gasteiger partial charge on any atom is -0.378 e. The fourth-order valence-corrected chi connectivity index (χ4v) is 2.81. The van der Waals surface area contributed by atoms with Crippen LogP contribution in [0.25, 0.3) is 0 Å². The van der Waals surface area contributed by atoms with Gasteiger partial charge in [0, 0.05) is 31.4 Å². The first-order valence-corrected chi connectivity index (χ1v) is 7.47. The lowest BCUT2D eigenvalue weighted by Crippen LogP contribution is -2.37. The van der Waals surface area contributed by atoms with Crippen LogP contribution in [0.2, 0.25) is 0 Å². The molecule has 106 valence electrons. The van der Waals surface area contributed by atoms with Crippen LogP contribution in [-0.2, 0) is 4.74 Å². The van der Waals surface area contributed by atoms with Crippen molar-refractivity contribution >= 4 is 5.69 Å². The van der Waals surface area contributed by atoms with Crippen molar-refractivity contribution in [1.82, 2.24) is 0 Å². The molecule has 19 heavy (non-hydrogen) atoms. The van der Waals surface area contributed by atoms with Gasteiger partial charge in [-0.3, -0.25) is 0 Å². The average molecular weight is 262 g/mol. The second-order valence-corrected chi connectivity index (χ2v) is 5.22. The van der Waals surface area contributed by atoms with E-state index in [1.165, 1.54) is 11.3 Å². The smallest absolute Gasteiger partial charge is 0.0608 e. The number of hydrogen-bond donors (Lipinski definition) is 1. The molecule has 2 rings (SSSR count). The zero-order valence-corrected chi connectivity index (χ0v) is 12.1. The summed E-state index contributed by atoms with van der Waals surface area (Å²) in [6.45, 7) is 7.17. The van der Waals surface area contributed by atoms with E-state index in [9.17, 15) is 0 Å². The Labute approximate surface area is 116 Å². The molecule has 3 nitrogen and oxygen atoms in total. The number of benzene rings is 1. The van der Waals surface area contributed by atoms with Crippen LogP contribution in [0.15, 0.2) is 24.3 Å². The van der Waals surface area contributed by atoms with Gasteiger partial charge in [0.25, 0.3) is 0 Å². The molecule has 0 amide bonds. The van der Waals surface area contributed by atoms with E-state index in [-0.39, 0.29) is 6.04 Å². The number of nitrogens with two attached hydrogens (primary N) is 1. The van der Waals surface area contributed by atoms with Gasteiger partial charge in [0.05, 0.1) is 6.10 Å². The Kier molecular flexibility index (Phi) is 5.23. The van der Waals surface area contributed by atoms with Gasteiger partial charge in [-0.25, -0.2) is 0 Å². The summed E-state index contributed by atoms with van der Waals surface area (Å²) >= 11 is 0. The van der Waals surface area contributed by atoms with Crippen LogP contribution in [0.1, 0.15) is 44.7 Å². The zero-order valence-electron chi connectivity index (χ0n) is 12.1. The number of nitrogens with zero attached hydrogens (tertiary/aromatic N) is 1. The van der Waals surface area contributed by atoms with Gasteiger partial charge in [-0.05, 0) is 37.8 Å².